The second-order valence-corrected chi connectivity index (χ2v) is 6.20. The highest BCUT2D eigenvalue weighted by molar-refractivity contribution is 9.10. The Hall–Kier alpha value is -0.420. The summed E-state index contributed by atoms with van der Waals surface area (Å²) in [4.78, 5) is 0. The Morgan fingerprint density at radius 3 is 2.79 bits per heavy atom. The summed E-state index contributed by atoms with van der Waals surface area (Å²) in [5.41, 5.74) is 1.53. The van der Waals surface area contributed by atoms with Crippen molar-refractivity contribution in [1.29, 1.82) is 0 Å². The van der Waals surface area contributed by atoms with Gasteiger partial charge in [-0.1, -0.05) is 24.6 Å². The largest absolute Gasteiger partial charge is 0.306 e. The van der Waals surface area contributed by atoms with Crippen molar-refractivity contribution >= 4 is 38.9 Å². The molecule has 0 amide bonds. The van der Waals surface area contributed by atoms with Crippen LogP contribution in [-0.4, -0.2) is 6.54 Å². The van der Waals surface area contributed by atoms with Crippen LogP contribution in [-0.2, 0) is 0 Å². The minimum absolute atomic E-state index is 0.228. The number of hydrogen-bond acceptors (Lipinski definition) is 2. The molecule has 2 rings (SSSR count). The summed E-state index contributed by atoms with van der Waals surface area (Å²) >= 11 is 11.3. The Kier molecular flexibility index (Phi) is 5.39. The Morgan fingerprint density at radius 2 is 2.21 bits per heavy atom. The minimum Gasteiger partial charge on any atom is -0.306 e. The van der Waals surface area contributed by atoms with Gasteiger partial charge in [0.05, 0.1) is 6.04 Å². The van der Waals surface area contributed by atoms with Crippen LogP contribution in [0.1, 0.15) is 30.5 Å². The first-order chi connectivity index (χ1) is 9.15. The van der Waals surface area contributed by atoms with Gasteiger partial charge in [-0.3, -0.25) is 0 Å². The van der Waals surface area contributed by atoms with E-state index in [1.807, 2.05) is 10.8 Å². The van der Waals surface area contributed by atoms with Gasteiger partial charge in [0.25, 0.3) is 0 Å². The molecule has 1 atom stereocenters. The Balaban J connectivity index is 2.46. The normalized spacial score (nSPS) is 12.6. The Labute approximate surface area is 129 Å². The van der Waals surface area contributed by atoms with E-state index in [1.165, 1.54) is 6.07 Å². The van der Waals surface area contributed by atoms with Crippen molar-refractivity contribution in [3.05, 3.63) is 55.4 Å². The molecule has 1 unspecified atom stereocenters. The lowest BCUT2D eigenvalue weighted by Crippen LogP contribution is -2.24. The predicted octanol–water partition coefficient (Wildman–Crippen LogP) is 5.39. The summed E-state index contributed by atoms with van der Waals surface area (Å²) in [6, 6.07) is 4.57. The van der Waals surface area contributed by atoms with Gasteiger partial charge in [0, 0.05) is 20.4 Å². The molecule has 2 aromatic rings. The van der Waals surface area contributed by atoms with Crippen molar-refractivity contribution in [3.63, 3.8) is 0 Å². The Bertz CT molecular complexity index is 538. The summed E-state index contributed by atoms with van der Waals surface area (Å²) in [6.45, 7) is 2.88. The number of thiophene rings is 1. The highest BCUT2D eigenvalue weighted by Gasteiger charge is 2.22. The third-order valence-electron chi connectivity index (χ3n) is 2.84. The van der Waals surface area contributed by atoms with Crippen molar-refractivity contribution in [2.24, 2.45) is 0 Å². The van der Waals surface area contributed by atoms with Gasteiger partial charge in [0.1, 0.15) is 5.82 Å². The number of rotatable bonds is 5. The second-order valence-electron chi connectivity index (χ2n) is 4.20. The molecular formula is C14H14BrClFNS. The molecule has 0 spiro atoms. The van der Waals surface area contributed by atoms with Crippen LogP contribution in [0.4, 0.5) is 4.39 Å². The SMILES string of the molecule is CCCNC(c1cscc1Br)c1c(F)cccc1Cl. The molecule has 0 radical (unpaired) electrons. The fourth-order valence-electron chi connectivity index (χ4n) is 1.94. The van der Waals surface area contributed by atoms with E-state index in [0.717, 1.165) is 23.0 Å². The summed E-state index contributed by atoms with van der Waals surface area (Å²) in [6.07, 6.45) is 0.977. The van der Waals surface area contributed by atoms with Crippen LogP contribution >= 0.6 is 38.9 Å². The maximum atomic E-state index is 14.1. The molecule has 0 bridgehead atoms. The fraction of sp³-hybridized carbons (Fsp3) is 0.286. The molecule has 0 aliphatic heterocycles. The topological polar surface area (TPSA) is 12.0 Å². The lowest BCUT2D eigenvalue weighted by Gasteiger charge is -2.20. The predicted molar refractivity (Wildman–Crippen MR) is 83.6 cm³/mol. The highest BCUT2D eigenvalue weighted by atomic mass is 79.9. The smallest absolute Gasteiger partial charge is 0.129 e. The summed E-state index contributed by atoms with van der Waals surface area (Å²) in [5, 5.41) is 7.82. The lowest BCUT2D eigenvalue weighted by molar-refractivity contribution is 0.547. The van der Waals surface area contributed by atoms with Gasteiger partial charge in [-0.2, -0.15) is 11.3 Å². The van der Waals surface area contributed by atoms with Crippen LogP contribution in [0.15, 0.2) is 33.4 Å². The first-order valence-corrected chi connectivity index (χ1v) is 8.15. The van der Waals surface area contributed by atoms with E-state index in [1.54, 1.807) is 23.5 Å². The minimum atomic E-state index is -0.279. The number of hydrogen-bond donors (Lipinski definition) is 1. The van der Waals surface area contributed by atoms with Crippen molar-refractivity contribution in [2.75, 3.05) is 6.54 Å². The van der Waals surface area contributed by atoms with E-state index in [-0.39, 0.29) is 11.9 Å². The molecule has 102 valence electrons. The molecule has 0 aliphatic rings. The zero-order valence-corrected chi connectivity index (χ0v) is 13.6. The average molecular weight is 363 g/mol. The third-order valence-corrected chi connectivity index (χ3v) is 4.92. The zero-order valence-electron chi connectivity index (χ0n) is 10.4. The number of benzene rings is 1. The number of nitrogens with one attached hydrogen (secondary N) is 1. The van der Waals surface area contributed by atoms with Crippen molar-refractivity contribution in [3.8, 4) is 0 Å². The van der Waals surface area contributed by atoms with E-state index in [0.29, 0.717) is 10.6 Å². The van der Waals surface area contributed by atoms with E-state index in [2.05, 4.69) is 28.2 Å². The molecular weight excluding hydrogens is 349 g/mol. The van der Waals surface area contributed by atoms with E-state index >= 15 is 0 Å². The molecule has 1 aromatic heterocycles. The molecule has 1 N–H and O–H groups in total. The molecule has 0 saturated carbocycles. The molecule has 1 heterocycles. The van der Waals surface area contributed by atoms with Crippen molar-refractivity contribution in [1.82, 2.24) is 5.32 Å². The molecule has 0 aliphatic carbocycles. The van der Waals surface area contributed by atoms with Crippen molar-refractivity contribution < 1.29 is 4.39 Å². The summed E-state index contributed by atoms with van der Waals surface area (Å²) in [5.74, 6) is -0.279. The molecule has 1 nitrogen and oxygen atoms in total. The number of halogens is 3. The van der Waals surface area contributed by atoms with Gasteiger partial charge in [-0.25, -0.2) is 4.39 Å². The average Bonchev–Trinajstić information content (AvgIpc) is 2.79. The van der Waals surface area contributed by atoms with Crippen LogP contribution in [0.5, 0.6) is 0 Å². The first-order valence-electron chi connectivity index (χ1n) is 6.04. The Morgan fingerprint density at radius 1 is 1.42 bits per heavy atom. The first kappa shape index (κ1) is 15.0. The fourth-order valence-corrected chi connectivity index (χ4v) is 3.76. The second kappa shape index (κ2) is 6.84. The van der Waals surface area contributed by atoms with Crippen LogP contribution in [0.3, 0.4) is 0 Å². The van der Waals surface area contributed by atoms with Crippen LogP contribution in [0.2, 0.25) is 5.02 Å². The maximum Gasteiger partial charge on any atom is 0.129 e. The van der Waals surface area contributed by atoms with Crippen LogP contribution in [0, 0.1) is 5.82 Å². The van der Waals surface area contributed by atoms with Gasteiger partial charge >= 0.3 is 0 Å². The molecule has 1 aromatic carbocycles. The molecule has 0 saturated heterocycles. The van der Waals surface area contributed by atoms with E-state index in [9.17, 15) is 4.39 Å². The summed E-state index contributed by atoms with van der Waals surface area (Å²) < 4.78 is 15.1. The van der Waals surface area contributed by atoms with Gasteiger partial charge < -0.3 is 5.32 Å². The van der Waals surface area contributed by atoms with Gasteiger partial charge in [0.2, 0.25) is 0 Å². The van der Waals surface area contributed by atoms with Crippen LogP contribution in [0.25, 0.3) is 0 Å². The van der Waals surface area contributed by atoms with Gasteiger partial charge in [-0.05, 0) is 52.0 Å². The zero-order chi connectivity index (χ0) is 13.8. The molecule has 5 heteroatoms. The van der Waals surface area contributed by atoms with E-state index in [4.69, 9.17) is 11.6 Å². The van der Waals surface area contributed by atoms with E-state index < -0.39 is 0 Å². The molecule has 19 heavy (non-hydrogen) atoms. The van der Waals surface area contributed by atoms with Crippen molar-refractivity contribution in [2.45, 2.75) is 19.4 Å². The third kappa shape index (κ3) is 3.37. The standard InChI is InChI=1S/C14H14BrClFNS/c1-2-6-18-14(9-7-19-8-10(9)15)13-11(16)4-3-5-12(13)17/h3-5,7-8,14,18H,2,6H2,1H3. The van der Waals surface area contributed by atoms with Gasteiger partial charge in [-0.15, -0.1) is 0 Å². The lowest BCUT2D eigenvalue weighted by atomic mass is 10.0. The van der Waals surface area contributed by atoms with Gasteiger partial charge in [0.15, 0.2) is 0 Å². The van der Waals surface area contributed by atoms with Crippen LogP contribution < -0.4 is 5.32 Å². The monoisotopic (exact) mass is 361 g/mol. The maximum absolute atomic E-state index is 14.1. The molecule has 0 fully saturated rings. The highest BCUT2D eigenvalue weighted by Crippen LogP contribution is 2.35. The summed E-state index contributed by atoms with van der Waals surface area (Å²) in [7, 11) is 0. The quantitative estimate of drug-likeness (QED) is 0.751.